The molecule has 0 fully saturated rings. The zero-order chi connectivity index (χ0) is 52.5. The number of benzene rings is 10. The minimum absolute atomic E-state index is 0.0678. The van der Waals surface area contributed by atoms with Crippen molar-refractivity contribution in [3.05, 3.63) is 277 Å². The molecule has 0 atom stereocenters. The Balaban J connectivity index is 0.795. The Morgan fingerprint density at radius 1 is 0.333 bits per heavy atom. The van der Waals surface area contributed by atoms with E-state index in [1.165, 1.54) is 77.9 Å². The van der Waals surface area contributed by atoms with Gasteiger partial charge in [-0.05, 0) is 174 Å². The van der Waals surface area contributed by atoms with Gasteiger partial charge in [-0.3, -0.25) is 0 Å². The lowest BCUT2D eigenvalue weighted by molar-refractivity contribution is 0.554. The number of allylic oxidation sites excluding steroid dienone is 4. The van der Waals surface area contributed by atoms with Crippen molar-refractivity contribution in [2.45, 2.75) is 51.4 Å². The van der Waals surface area contributed by atoms with E-state index < -0.39 is 0 Å². The molecule has 4 nitrogen and oxygen atoms in total. The number of hydrogen-bond donors (Lipinski definition) is 0. The van der Waals surface area contributed by atoms with Crippen LogP contribution in [0.25, 0.3) is 94.9 Å². The second-order valence-electron chi connectivity index (χ2n) is 22.1. The first-order valence-corrected chi connectivity index (χ1v) is 27.3. The van der Waals surface area contributed by atoms with E-state index in [4.69, 9.17) is 4.42 Å². The molecule has 11 aromatic rings. The summed E-state index contributed by atoms with van der Waals surface area (Å²) in [6.07, 6.45) is 8.39. The van der Waals surface area contributed by atoms with E-state index in [-0.39, 0.29) is 10.8 Å². The van der Waals surface area contributed by atoms with E-state index in [9.17, 15) is 0 Å². The van der Waals surface area contributed by atoms with Crippen LogP contribution in [0.15, 0.2) is 253 Å². The van der Waals surface area contributed by atoms with E-state index in [2.05, 4.69) is 292 Å². The van der Waals surface area contributed by atoms with Crippen molar-refractivity contribution >= 4 is 22.6 Å². The van der Waals surface area contributed by atoms with Gasteiger partial charge < -0.3 is 9.32 Å². The second-order valence-corrected chi connectivity index (χ2v) is 22.1. The van der Waals surface area contributed by atoms with Crippen molar-refractivity contribution in [3.8, 4) is 89.3 Å². The molecule has 0 radical (unpaired) electrons. The highest BCUT2D eigenvalue weighted by Crippen LogP contribution is 2.52. The average Bonchev–Trinajstić information content (AvgIpc) is 4.30. The quantitative estimate of drug-likeness (QED) is 0.137. The molecule has 0 amide bonds. The Bertz CT molecular complexity index is 4020. The van der Waals surface area contributed by atoms with Gasteiger partial charge in [0, 0.05) is 39.0 Å². The first kappa shape index (κ1) is 47.1. The first-order valence-electron chi connectivity index (χ1n) is 27.3. The smallest absolute Gasteiger partial charge is 0.248 e. The number of anilines is 3. The number of aromatic nitrogens is 2. The van der Waals surface area contributed by atoms with Crippen LogP contribution in [0, 0.1) is 0 Å². The molecule has 10 aromatic carbocycles. The summed E-state index contributed by atoms with van der Waals surface area (Å²) in [5.74, 6) is 1.07. The van der Waals surface area contributed by atoms with Crippen molar-refractivity contribution < 1.29 is 4.42 Å². The summed E-state index contributed by atoms with van der Waals surface area (Å²) in [6.45, 7) is 9.40. The van der Waals surface area contributed by atoms with Crippen LogP contribution in [0.2, 0.25) is 0 Å². The van der Waals surface area contributed by atoms with Crippen LogP contribution >= 0.6 is 0 Å². The molecule has 1 aromatic heterocycles. The summed E-state index contributed by atoms with van der Waals surface area (Å²) in [7, 11) is 0. The summed E-state index contributed by atoms with van der Waals surface area (Å²) < 4.78 is 6.14. The topological polar surface area (TPSA) is 42.2 Å². The molecule has 14 rings (SSSR count). The zero-order valence-corrected chi connectivity index (χ0v) is 44.3. The highest BCUT2D eigenvalue weighted by atomic mass is 16.4. The summed E-state index contributed by atoms with van der Waals surface area (Å²) in [5, 5.41) is 8.76. The van der Waals surface area contributed by atoms with E-state index >= 15 is 0 Å². The lowest BCUT2D eigenvalue weighted by Gasteiger charge is -2.26. The maximum Gasteiger partial charge on any atom is 0.248 e. The van der Waals surface area contributed by atoms with Crippen LogP contribution < -0.4 is 4.90 Å². The molecule has 3 aliphatic rings. The zero-order valence-electron chi connectivity index (χ0n) is 44.3. The highest BCUT2D eigenvalue weighted by Gasteiger charge is 2.36. The van der Waals surface area contributed by atoms with Crippen molar-refractivity contribution in [2.24, 2.45) is 0 Å². The molecule has 4 heteroatoms. The van der Waals surface area contributed by atoms with Crippen molar-refractivity contribution in [1.29, 1.82) is 0 Å². The number of fused-ring (bicyclic) bond motifs is 6. The number of nitrogens with zero attached hydrogens (tertiary/aromatic N) is 3. The molecule has 0 bridgehead atoms. The minimum atomic E-state index is -0.0678. The molecule has 374 valence electrons. The molecule has 78 heavy (non-hydrogen) atoms. The van der Waals surface area contributed by atoms with E-state index in [0.29, 0.717) is 11.8 Å². The van der Waals surface area contributed by atoms with Gasteiger partial charge in [0.05, 0.1) is 0 Å². The van der Waals surface area contributed by atoms with Gasteiger partial charge in [0.25, 0.3) is 0 Å². The van der Waals surface area contributed by atoms with Crippen LogP contribution in [0.3, 0.4) is 0 Å². The van der Waals surface area contributed by atoms with Crippen LogP contribution in [0.1, 0.15) is 68.7 Å². The molecule has 0 saturated heterocycles. The lowest BCUT2D eigenvalue weighted by atomic mass is 9.81. The summed E-state index contributed by atoms with van der Waals surface area (Å²) in [6, 6.07) is 84.9. The number of rotatable bonds is 10. The molecule has 0 aliphatic heterocycles. The van der Waals surface area contributed by atoms with Crippen LogP contribution in [0.4, 0.5) is 17.1 Å². The fourth-order valence-corrected chi connectivity index (χ4v) is 12.6. The second kappa shape index (κ2) is 18.7. The van der Waals surface area contributed by atoms with Gasteiger partial charge in [-0.2, -0.15) is 0 Å². The lowest BCUT2D eigenvalue weighted by Crippen LogP contribution is -2.14. The largest absolute Gasteiger partial charge is 0.416 e. The van der Waals surface area contributed by atoms with Gasteiger partial charge >= 0.3 is 0 Å². The molecular formula is C74H57N3O. The SMILES string of the molecule is CC1(C)c2ccccc2-c2ccc(-c3ccc(N(c4ccc(-c5ccc6c(c5)C(C)(C)c5ccccc5-6)cc4)c4ccc(-c5ccccc5-c5ccccc5-c5ccc(-c6nnc(C7=CCCC=C7)o6)cc5)cc4)cc3)cc21. The minimum Gasteiger partial charge on any atom is -0.416 e. The Hall–Kier alpha value is -9.38. The maximum atomic E-state index is 6.14. The summed E-state index contributed by atoms with van der Waals surface area (Å²) >= 11 is 0. The van der Waals surface area contributed by atoms with Crippen LogP contribution in [-0.4, -0.2) is 10.2 Å². The van der Waals surface area contributed by atoms with E-state index in [1.807, 2.05) is 0 Å². The third kappa shape index (κ3) is 7.98. The van der Waals surface area contributed by atoms with Crippen LogP contribution in [0.5, 0.6) is 0 Å². The Kier molecular flexibility index (Phi) is 11.3. The normalized spacial score (nSPS) is 14.3. The van der Waals surface area contributed by atoms with E-state index in [1.54, 1.807) is 0 Å². The van der Waals surface area contributed by atoms with Crippen molar-refractivity contribution in [1.82, 2.24) is 10.2 Å². The van der Waals surface area contributed by atoms with Gasteiger partial charge in [-0.15, -0.1) is 10.2 Å². The van der Waals surface area contributed by atoms with Gasteiger partial charge in [-0.25, -0.2) is 0 Å². The van der Waals surface area contributed by atoms with Gasteiger partial charge in [0.15, 0.2) is 0 Å². The van der Waals surface area contributed by atoms with E-state index in [0.717, 1.165) is 63.3 Å². The monoisotopic (exact) mass is 1000 g/mol. The molecule has 0 unspecified atom stereocenters. The fraction of sp³-hybridized carbons (Fsp3) is 0.108. The predicted octanol–water partition coefficient (Wildman–Crippen LogP) is 19.9. The third-order valence-corrected chi connectivity index (χ3v) is 16.8. The maximum absolute atomic E-state index is 6.14. The fourth-order valence-electron chi connectivity index (χ4n) is 12.6. The molecule has 1 heterocycles. The summed E-state index contributed by atoms with van der Waals surface area (Å²) in [4.78, 5) is 2.38. The number of hydrogen-bond acceptors (Lipinski definition) is 4. The van der Waals surface area contributed by atoms with Crippen molar-refractivity contribution in [2.75, 3.05) is 4.90 Å². The molecular weight excluding hydrogens is 947 g/mol. The molecule has 0 spiro atoms. The van der Waals surface area contributed by atoms with Gasteiger partial charge in [-0.1, -0.05) is 216 Å². The summed E-state index contributed by atoms with van der Waals surface area (Å²) in [5.41, 5.74) is 27.6. The highest BCUT2D eigenvalue weighted by molar-refractivity contribution is 5.93. The standard InChI is InChI=1S/C74H57N3O/c1-73(2)67-24-14-12-22-63(67)65-44-36-54(46-69(65)73)48-30-38-56(39-31-48)77(57-40-32-49(33-41-57)55-37-45-66-64-23-13-15-25-68(64)74(3,4)70(66)47-55)58-42-34-51(35-43-58)60-19-9-11-21-62(60)61-20-10-8-18-59(61)50-26-28-53(29-27-50)72-76-75-71(78-72)52-16-6-5-7-17-52/h6,8-47H,5,7H2,1-4H3. The first-order chi connectivity index (χ1) is 38.2. The van der Waals surface area contributed by atoms with Gasteiger partial charge in [0.1, 0.15) is 0 Å². The molecule has 3 aliphatic carbocycles. The Morgan fingerprint density at radius 2 is 0.705 bits per heavy atom. The average molecular weight is 1000 g/mol. The predicted molar refractivity (Wildman–Crippen MR) is 323 cm³/mol. The van der Waals surface area contributed by atoms with Crippen LogP contribution in [-0.2, 0) is 10.8 Å². The Morgan fingerprint density at radius 3 is 1.17 bits per heavy atom. The Labute approximate surface area is 457 Å². The van der Waals surface area contributed by atoms with Gasteiger partial charge in [0.2, 0.25) is 11.8 Å². The molecule has 0 N–H and O–H groups in total. The van der Waals surface area contributed by atoms with Crippen molar-refractivity contribution in [3.63, 3.8) is 0 Å². The third-order valence-electron chi connectivity index (χ3n) is 16.8. The molecule has 0 saturated carbocycles.